The second-order valence-corrected chi connectivity index (χ2v) is 3.85. The van der Waals surface area contributed by atoms with Crippen molar-refractivity contribution in [2.45, 2.75) is 32.6 Å². The molecule has 3 N–H and O–H groups in total. The van der Waals surface area contributed by atoms with Crippen LogP contribution in [0.3, 0.4) is 0 Å². The summed E-state index contributed by atoms with van der Waals surface area (Å²) in [6.45, 7) is 2.79. The summed E-state index contributed by atoms with van der Waals surface area (Å²) in [6.07, 6.45) is 3.78. The molecule has 3 nitrogen and oxygen atoms in total. The first kappa shape index (κ1) is 12.8. The second kappa shape index (κ2) is 6.38. The summed E-state index contributed by atoms with van der Waals surface area (Å²) in [4.78, 5) is 0. The van der Waals surface area contributed by atoms with E-state index in [0.717, 1.165) is 31.2 Å². The van der Waals surface area contributed by atoms with Crippen LogP contribution in [0.4, 0.5) is 0 Å². The summed E-state index contributed by atoms with van der Waals surface area (Å²) in [7, 11) is 1.57. The van der Waals surface area contributed by atoms with E-state index in [9.17, 15) is 5.11 Å². The van der Waals surface area contributed by atoms with Crippen LogP contribution in [0.5, 0.6) is 11.5 Å². The van der Waals surface area contributed by atoms with Gasteiger partial charge in [-0.05, 0) is 43.9 Å². The first-order valence-electron chi connectivity index (χ1n) is 5.82. The molecule has 1 rings (SSSR count). The molecule has 0 spiro atoms. The van der Waals surface area contributed by atoms with E-state index >= 15 is 0 Å². The summed E-state index contributed by atoms with van der Waals surface area (Å²) in [6, 6.07) is 3.84. The van der Waals surface area contributed by atoms with Gasteiger partial charge in [0.15, 0.2) is 11.5 Å². The van der Waals surface area contributed by atoms with Crippen LogP contribution >= 0.6 is 0 Å². The van der Waals surface area contributed by atoms with E-state index in [0.29, 0.717) is 18.0 Å². The fourth-order valence-electron chi connectivity index (χ4n) is 1.88. The van der Waals surface area contributed by atoms with Gasteiger partial charge in [0.1, 0.15) is 0 Å². The molecule has 0 fully saturated rings. The molecule has 0 aliphatic rings. The molecular formula is C13H21NO2. The highest BCUT2D eigenvalue weighted by Gasteiger charge is 2.11. The van der Waals surface area contributed by atoms with E-state index in [-0.39, 0.29) is 0 Å². The van der Waals surface area contributed by atoms with Crippen LogP contribution in [0.2, 0.25) is 0 Å². The van der Waals surface area contributed by atoms with Gasteiger partial charge in [0.05, 0.1) is 7.11 Å². The van der Waals surface area contributed by atoms with Crippen molar-refractivity contribution in [1.82, 2.24) is 0 Å². The standard InChI is InChI=1S/C13H21NO2/c1-3-10-7-8-12(16-2)13(15)11(10)6-4-5-9-14/h7-8,15H,3-6,9,14H2,1-2H3. The SMILES string of the molecule is CCc1ccc(OC)c(O)c1CCCCN. The number of rotatable bonds is 6. The second-order valence-electron chi connectivity index (χ2n) is 3.85. The Hall–Kier alpha value is -1.22. The van der Waals surface area contributed by atoms with Crippen LogP contribution in [0.25, 0.3) is 0 Å². The monoisotopic (exact) mass is 223 g/mol. The highest BCUT2D eigenvalue weighted by Crippen LogP contribution is 2.33. The third-order valence-electron chi connectivity index (χ3n) is 2.82. The molecule has 0 saturated carbocycles. The summed E-state index contributed by atoms with van der Waals surface area (Å²) in [5.74, 6) is 0.846. The highest BCUT2D eigenvalue weighted by molar-refractivity contribution is 5.49. The number of nitrogens with two attached hydrogens (primary N) is 1. The van der Waals surface area contributed by atoms with E-state index in [2.05, 4.69) is 6.92 Å². The van der Waals surface area contributed by atoms with E-state index in [1.54, 1.807) is 7.11 Å². The average molecular weight is 223 g/mol. The van der Waals surface area contributed by atoms with E-state index in [4.69, 9.17) is 10.5 Å². The van der Waals surface area contributed by atoms with Gasteiger partial charge in [-0.2, -0.15) is 0 Å². The fourth-order valence-corrected chi connectivity index (χ4v) is 1.88. The summed E-state index contributed by atoms with van der Waals surface area (Å²) >= 11 is 0. The maximum Gasteiger partial charge on any atom is 0.161 e. The van der Waals surface area contributed by atoms with Crippen molar-refractivity contribution >= 4 is 0 Å². The minimum absolute atomic E-state index is 0.291. The smallest absolute Gasteiger partial charge is 0.161 e. The lowest BCUT2D eigenvalue weighted by atomic mass is 9.98. The lowest BCUT2D eigenvalue weighted by Crippen LogP contribution is -2.01. The maximum atomic E-state index is 10.0. The van der Waals surface area contributed by atoms with Crippen molar-refractivity contribution in [2.24, 2.45) is 5.73 Å². The Morgan fingerprint density at radius 1 is 1.31 bits per heavy atom. The van der Waals surface area contributed by atoms with Crippen molar-refractivity contribution in [3.05, 3.63) is 23.3 Å². The van der Waals surface area contributed by atoms with Gasteiger partial charge in [0, 0.05) is 5.56 Å². The van der Waals surface area contributed by atoms with Crippen molar-refractivity contribution in [3.63, 3.8) is 0 Å². The van der Waals surface area contributed by atoms with Gasteiger partial charge in [-0.3, -0.25) is 0 Å². The number of methoxy groups -OCH3 is 1. The summed E-state index contributed by atoms with van der Waals surface area (Å²) in [5.41, 5.74) is 7.67. The van der Waals surface area contributed by atoms with Crippen molar-refractivity contribution in [2.75, 3.05) is 13.7 Å². The minimum atomic E-state index is 0.291. The van der Waals surface area contributed by atoms with Crippen LogP contribution in [0, 0.1) is 0 Å². The molecule has 0 aliphatic heterocycles. The lowest BCUT2D eigenvalue weighted by molar-refractivity contribution is 0.369. The molecule has 0 aromatic heterocycles. The zero-order valence-corrected chi connectivity index (χ0v) is 10.1. The Morgan fingerprint density at radius 2 is 2.06 bits per heavy atom. The number of phenols is 1. The third-order valence-corrected chi connectivity index (χ3v) is 2.82. The van der Waals surface area contributed by atoms with E-state index < -0.39 is 0 Å². The summed E-state index contributed by atoms with van der Waals surface area (Å²) in [5, 5.41) is 10.0. The number of benzene rings is 1. The van der Waals surface area contributed by atoms with Gasteiger partial charge < -0.3 is 15.6 Å². The quantitative estimate of drug-likeness (QED) is 0.727. The zero-order valence-electron chi connectivity index (χ0n) is 10.1. The Kier molecular flexibility index (Phi) is 5.12. The third kappa shape index (κ3) is 2.89. The van der Waals surface area contributed by atoms with E-state index in [1.165, 1.54) is 5.56 Å². The van der Waals surface area contributed by atoms with Crippen LogP contribution < -0.4 is 10.5 Å². The molecule has 0 aliphatic carbocycles. The number of aryl methyl sites for hydroxylation is 1. The molecule has 1 aromatic rings. The maximum absolute atomic E-state index is 10.0. The topological polar surface area (TPSA) is 55.5 Å². The van der Waals surface area contributed by atoms with Crippen LogP contribution in [0.1, 0.15) is 30.9 Å². The predicted octanol–water partition coefficient (Wildman–Crippen LogP) is 2.24. The first-order chi connectivity index (χ1) is 7.74. The molecule has 0 saturated heterocycles. The normalized spacial score (nSPS) is 10.4. The Morgan fingerprint density at radius 3 is 2.62 bits per heavy atom. The Balaban J connectivity index is 2.92. The van der Waals surface area contributed by atoms with Crippen molar-refractivity contribution in [3.8, 4) is 11.5 Å². The molecule has 1 aromatic carbocycles. The molecule has 90 valence electrons. The summed E-state index contributed by atoms with van der Waals surface area (Å²) < 4.78 is 5.12. The molecule has 0 atom stereocenters. The number of hydrogen-bond donors (Lipinski definition) is 2. The molecule has 0 radical (unpaired) electrons. The van der Waals surface area contributed by atoms with Crippen LogP contribution in [-0.4, -0.2) is 18.8 Å². The number of unbranched alkanes of at least 4 members (excludes halogenated alkanes) is 1. The number of hydrogen-bond acceptors (Lipinski definition) is 3. The van der Waals surface area contributed by atoms with Crippen LogP contribution in [0.15, 0.2) is 12.1 Å². The van der Waals surface area contributed by atoms with Crippen LogP contribution in [-0.2, 0) is 12.8 Å². The van der Waals surface area contributed by atoms with Gasteiger partial charge in [-0.1, -0.05) is 13.0 Å². The number of ether oxygens (including phenoxy) is 1. The molecule has 0 heterocycles. The predicted molar refractivity (Wildman–Crippen MR) is 66.0 cm³/mol. The van der Waals surface area contributed by atoms with Gasteiger partial charge >= 0.3 is 0 Å². The molecule has 0 unspecified atom stereocenters. The van der Waals surface area contributed by atoms with Gasteiger partial charge in [-0.25, -0.2) is 0 Å². The molecule has 16 heavy (non-hydrogen) atoms. The van der Waals surface area contributed by atoms with Crippen molar-refractivity contribution in [1.29, 1.82) is 0 Å². The zero-order chi connectivity index (χ0) is 12.0. The fraction of sp³-hybridized carbons (Fsp3) is 0.538. The first-order valence-corrected chi connectivity index (χ1v) is 5.82. The average Bonchev–Trinajstić information content (AvgIpc) is 2.31. The molecular weight excluding hydrogens is 202 g/mol. The van der Waals surface area contributed by atoms with Gasteiger partial charge in [-0.15, -0.1) is 0 Å². The van der Waals surface area contributed by atoms with Gasteiger partial charge in [0.25, 0.3) is 0 Å². The van der Waals surface area contributed by atoms with Gasteiger partial charge in [0.2, 0.25) is 0 Å². The van der Waals surface area contributed by atoms with E-state index in [1.807, 2.05) is 12.1 Å². The highest BCUT2D eigenvalue weighted by atomic mass is 16.5. The minimum Gasteiger partial charge on any atom is -0.504 e. The Bertz CT molecular complexity index is 337. The largest absolute Gasteiger partial charge is 0.504 e. The number of phenolic OH excluding ortho intramolecular Hbond substituents is 1. The molecule has 3 heteroatoms. The Labute approximate surface area is 97.2 Å². The number of aromatic hydroxyl groups is 1. The van der Waals surface area contributed by atoms with Crippen molar-refractivity contribution < 1.29 is 9.84 Å². The lowest BCUT2D eigenvalue weighted by Gasteiger charge is -2.13. The molecule has 0 amide bonds. The molecule has 0 bridgehead atoms.